The highest BCUT2D eigenvalue weighted by molar-refractivity contribution is 7.14. The molecule has 0 fully saturated rings. The van der Waals surface area contributed by atoms with E-state index in [1.54, 1.807) is 24.7 Å². The molecule has 2 rings (SSSR count). The van der Waals surface area contributed by atoms with Gasteiger partial charge in [-0.15, -0.1) is 11.3 Å². The largest absolute Gasteiger partial charge is 0.487 e. The summed E-state index contributed by atoms with van der Waals surface area (Å²) in [6, 6.07) is 3.57. The third-order valence-corrected chi connectivity index (χ3v) is 3.51. The van der Waals surface area contributed by atoms with Crippen molar-refractivity contribution in [2.75, 3.05) is 0 Å². The molecule has 0 saturated heterocycles. The minimum atomic E-state index is -0.947. The van der Waals surface area contributed by atoms with Gasteiger partial charge in [0, 0.05) is 10.4 Å². The molecule has 2 aromatic rings. The lowest BCUT2D eigenvalue weighted by molar-refractivity contribution is 0.0697. The Labute approximate surface area is 102 Å². The third-order valence-electron chi connectivity index (χ3n) is 2.27. The lowest BCUT2D eigenvalue weighted by atomic mass is 10.3. The van der Waals surface area contributed by atoms with E-state index in [0.717, 1.165) is 16.9 Å². The SMILES string of the molecule is CCc1cc(OCc2ccoc2)c(C(=O)O)s1. The second-order valence-corrected chi connectivity index (χ2v) is 4.62. The van der Waals surface area contributed by atoms with E-state index in [2.05, 4.69) is 0 Å². The first-order valence-electron chi connectivity index (χ1n) is 5.20. The van der Waals surface area contributed by atoms with Gasteiger partial charge >= 0.3 is 5.97 Å². The second kappa shape index (κ2) is 5.05. The molecule has 0 atom stereocenters. The molecule has 17 heavy (non-hydrogen) atoms. The Morgan fingerprint density at radius 1 is 1.59 bits per heavy atom. The molecule has 0 aromatic carbocycles. The van der Waals surface area contributed by atoms with Crippen LogP contribution in [0.1, 0.15) is 27.0 Å². The maximum Gasteiger partial charge on any atom is 0.349 e. The summed E-state index contributed by atoms with van der Waals surface area (Å²) in [4.78, 5) is 12.3. The van der Waals surface area contributed by atoms with Crippen molar-refractivity contribution in [3.63, 3.8) is 0 Å². The molecule has 0 saturated carbocycles. The third kappa shape index (κ3) is 2.68. The monoisotopic (exact) mass is 252 g/mol. The quantitative estimate of drug-likeness (QED) is 0.887. The zero-order valence-electron chi connectivity index (χ0n) is 9.30. The molecular formula is C12H12O4S. The highest BCUT2D eigenvalue weighted by atomic mass is 32.1. The van der Waals surface area contributed by atoms with Gasteiger partial charge in [-0.1, -0.05) is 6.92 Å². The van der Waals surface area contributed by atoms with Crippen LogP contribution < -0.4 is 4.74 Å². The number of ether oxygens (including phenoxy) is 1. The maximum atomic E-state index is 11.0. The van der Waals surface area contributed by atoms with Crippen LogP contribution in [-0.2, 0) is 13.0 Å². The van der Waals surface area contributed by atoms with Crippen LogP contribution in [0.4, 0.5) is 0 Å². The van der Waals surface area contributed by atoms with Gasteiger partial charge in [-0.2, -0.15) is 0 Å². The molecule has 0 aliphatic heterocycles. The summed E-state index contributed by atoms with van der Waals surface area (Å²) >= 11 is 1.26. The topological polar surface area (TPSA) is 59.7 Å². The van der Waals surface area contributed by atoms with E-state index in [1.807, 2.05) is 6.92 Å². The van der Waals surface area contributed by atoms with E-state index in [1.165, 1.54) is 11.3 Å². The molecule has 2 heterocycles. The Hall–Kier alpha value is -1.75. The van der Waals surface area contributed by atoms with Crippen LogP contribution in [0.25, 0.3) is 0 Å². The molecule has 0 aliphatic carbocycles. The van der Waals surface area contributed by atoms with E-state index >= 15 is 0 Å². The number of carbonyl (C=O) groups is 1. The van der Waals surface area contributed by atoms with Crippen LogP contribution in [0.5, 0.6) is 5.75 Å². The molecular weight excluding hydrogens is 240 g/mol. The van der Waals surface area contributed by atoms with Crippen molar-refractivity contribution in [1.29, 1.82) is 0 Å². The molecule has 0 amide bonds. The molecule has 0 spiro atoms. The number of thiophene rings is 1. The number of furan rings is 1. The molecule has 90 valence electrons. The summed E-state index contributed by atoms with van der Waals surface area (Å²) < 4.78 is 10.4. The minimum absolute atomic E-state index is 0.255. The van der Waals surface area contributed by atoms with Gasteiger partial charge in [0.05, 0.1) is 12.5 Å². The summed E-state index contributed by atoms with van der Waals surface area (Å²) in [5.74, 6) is -0.516. The number of carboxylic acid groups (broad SMARTS) is 1. The normalized spacial score (nSPS) is 10.4. The van der Waals surface area contributed by atoms with Gasteiger partial charge in [0.15, 0.2) is 4.88 Å². The van der Waals surface area contributed by atoms with Crippen LogP contribution in [-0.4, -0.2) is 11.1 Å². The Morgan fingerprint density at radius 3 is 3.00 bits per heavy atom. The number of aryl methyl sites for hydroxylation is 1. The van der Waals surface area contributed by atoms with Crippen molar-refractivity contribution in [1.82, 2.24) is 0 Å². The molecule has 0 unspecified atom stereocenters. The van der Waals surface area contributed by atoms with Gasteiger partial charge in [-0.3, -0.25) is 0 Å². The van der Waals surface area contributed by atoms with Crippen molar-refractivity contribution < 1.29 is 19.1 Å². The fourth-order valence-electron chi connectivity index (χ4n) is 1.39. The first-order valence-corrected chi connectivity index (χ1v) is 6.02. The lowest BCUT2D eigenvalue weighted by Crippen LogP contribution is -1.99. The molecule has 0 bridgehead atoms. The molecule has 2 aromatic heterocycles. The number of aromatic carboxylic acids is 1. The number of carboxylic acids is 1. The van der Waals surface area contributed by atoms with Crippen LogP contribution in [0, 0.1) is 0 Å². The molecule has 0 aliphatic rings. The highest BCUT2D eigenvalue weighted by Crippen LogP contribution is 2.30. The second-order valence-electron chi connectivity index (χ2n) is 3.49. The highest BCUT2D eigenvalue weighted by Gasteiger charge is 2.16. The van der Waals surface area contributed by atoms with Crippen LogP contribution in [0.2, 0.25) is 0 Å². The average molecular weight is 252 g/mol. The first kappa shape index (κ1) is 11.7. The van der Waals surface area contributed by atoms with Gasteiger partial charge in [0.25, 0.3) is 0 Å². The summed E-state index contributed by atoms with van der Waals surface area (Å²) in [7, 11) is 0. The average Bonchev–Trinajstić information content (AvgIpc) is 2.95. The number of hydrogen-bond acceptors (Lipinski definition) is 4. The summed E-state index contributed by atoms with van der Waals surface area (Å²) in [6.07, 6.45) is 3.94. The summed E-state index contributed by atoms with van der Waals surface area (Å²) in [5.41, 5.74) is 0.880. The maximum absolute atomic E-state index is 11.0. The smallest absolute Gasteiger partial charge is 0.349 e. The molecule has 4 nitrogen and oxygen atoms in total. The fourth-order valence-corrected chi connectivity index (χ4v) is 2.27. The van der Waals surface area contributed by atoms with E-state index < -0.39 is 5.97 Å². The Morgan fingerprint density at radius 2 is 2.41 bits per heavy atom. The van der Waals surface area contributed by atoms with E-state index in [4.69, 9.17) is 14.3 Å². The number of rotatable bonds is 5. The van der Waals surface area contributed by atoms with E-state index in [9.17, 15) is 4.79 Å². The lowest BCUT2D eigenvalue weighted by Gasteiger charge is -2.02. The molecule has 0 radical (unpaired) electrons. The Bertz CT molecular complexity index is 499. The van der Waals surface area contributed by atoms with Crippen LogP contribution in [0.3, 0.4) is 0 Å². The van der Waals surface area contributed by atoms with Crippen molar-refractivity contribution in [3.05, 3.63) is 40.0 Å². The fraction of sp³-hybridized carbons (Fsp3) is 0.250. The summed E-state index contributed by atoms with van der Waals surface area (Å²) in [6.45, 7) is 2.30. The van der Waals surface area contributed by atoms with Crippen LogP contribution in [0.15, 0.2) is 29.1 Å². The Balaban J connectivity index is 2.13. The number of hydrogen-bond donors (Lipinski definition) is 1. The first-order chi connectivity index (χ1) is 8.20. The Kier molecular flexibility index (Phi) is 3.49. The van der Waals surface area contributed by atoms with Gasteiger partial charge in [-0.25, -0.2) is 4.79 Å². The van der Waals surface area contributed by atoms with E-state index in [0.29, 0.717) is 12.4 Å². The molecule has 5 heteroatoms. The van der Waals surface area contributed by atoms with Gasteiger partial charge in [0.1, 0.15) is 12.4 Å². The standard InChI is InChI=1S/C12H12O4S/c1-2-9-5-10(11(17-9)12(13)14)16-7-8-3-4-15-6-8/h3-6H,2,7H2,1H3,(H,13,14). The van der Waals surface area contributed by atoms with Crippen LogP contribution >= 0.6 is 11.3 Å². The zero-order valence-corrected chi connectivity index (χ0v) is 10.1. The van der Waals surface area contributed by atoms with Gasteiger partial charge in [-0.05, 0) is 18.6 Å². The van der Waals surface area contributed by atoms with Crippen molar-refractivity contribution in [2.24, 2.45) is 0 Å². The zero-order chi connectivity index (χ0) is 12.3. The predicted molar refractivity (Wildman–Crippen MR) is 63.7 cm³/mol. The molecule has 1 N–H and O–H groups in total. The predicted octanol–water partition coefficient (Wildman–Crippen LogP) is 3.18. The van der Waals surface area contributed by atoms with Gasteiger partial charge < -0.3 is 14.3 Å². The van der Waals surface area contributed by atoms with E-state index in [-0.39, 0.29) is 4.88 Å². The van der Waals surface area contributed by atoms with Crippen molar-refractivity contribution >= 4 is 17.3 Å². The van der Waals surface area contributed by atoms with Crippen molar-refractivity contribution in [3.8, 4) is 5.75 Å². The minimum Gasteiger partial charge on any atom is -0.487 e. The van der Waals surface area contributed by atoms with Gasteiger partial charge in [0.2, 0.25) is 0 Å². The van der Waals surface area contributed by atoms with Crippen molar-refractivity contribution in [2.45, 2.75) is 20.0 Å². The summed E-state index contributed by atoms with van der Waals surface area (Å²) in [5, 5.41) is 9.04.